The lowest BCUT2D eigenvalue weighted by atomic mass is 10.2. The van der Waals surface area contributed by atoms with Gasteiger partial charge in [0.1, 0.15) is 0 Å². The third-order valence-corrected chi connectivity index (χ3v) is 3.55. The second kappa shape index (κ2) is 6.34. The monoisotopic (exact) mass is 312 g/mol. The summed E-state index contributed by atoms with van der Waals surface area (Å²) in [5.41, 5.74) is 1.14. The number of benzene rings is 1. The van der Waals surface area contributed by atoms with Crippen LogP contribution in [0.3, 0.4) is 0 Å². The minimum Gasteiger partial charge on any atom is -0.466 e. The Hall–Kier alpha value is -0.870. The maximum atomic E-state index is 11.4. The van der Waals surface area contributed by atoms with Gasteiger partial charge in [-0.2, -0.15) is 0 Å². The van der Waals surface area contributed by atoms with Crippen LogP contribution in [0.5, 0.6) is 0 Å². The van der Waals surface area contributed by atoms with E-state index in [9.17, 15) is 4.79 Å². The van der Waals surface area contributed by atoms with E-state index in [4.69, 9.17) is 9.47 Å². The Kier molecular flexibility index (Phi) is 4.78. The summed E-state index contributed by atoms with van der Waals surface area (Å²) < 4.78 is 11.7. The number of carbonyl (C=O) groups excluding carboxylic acids is 1. The molecule has 0 heterocycles. The highest BCUT2D eigenvalue weighted by molar-refractivity contribution is 9.10. The number of rotatable bonds is 6. The minimum absolute atomic E-state index is 0.0647. The lowest BCUT2D eigenvalue weighted by molar-refractivity contribution is -0.145. The molecule has 0 radical (unpaired) electrons. The van der Waals surface area contributed by atoms with Gasteiger partial charge in [0.25, 0.3) is 0 Å². The molecule has 0 bridgehead atoms. The Morgan fingerprint density at radius 2 is 2.11 bits per heavy atom. The lowest BCUT2D eigenvalue weighted by Crippen LogP contribution is -2.09. The van der Waals surface area contributed by atoms with Crippen LogP contribution in [0.1, 0.15) is 18.9 Å². The van der Waals surface area contributed by atoms with Crippen LogP contribution in [0.2, 0.25) is 0 Å². The molecule has 1 aliphatic rings. The Morgan fingerprint density at radius 1 is 1.39 bits per heavy atom. The van der Waals surface area contributed by atoms with Crippen molar-refractivity contribution in [3.63, 3.8) is 0 Å². The van der Waals surface area contributed by atoms with Crippen molar-refractivity contribution < 1.29 is 14.3 Å². The van der Waals surface area contributed by atoms with Gasteiger partial charge in [0.05, 0.1) is 25.7 Å². The molecule has 0 N–H and O–H groups in total. The van der Waals surface area contributed by atoms with Crippen LogP contribution in [0.15, 0.2) is 28.7 Å². The molecule has 1 saturated carbocycles. The number of esters is 1. The Labute approximate surface area is 116 Å². The van der Waals surface area contributed by atoms with Gasteiger partial charge in [0.2, 0.25) is 0 Å². The molecule has 98 valence electrons. The van der Waals surface area contributed by atoms with E-state index in [0.717, 1.165) is 16.5 Å². The molecule has 18 heavy (non-hydrogen) atoms. The van der Waals surface area contributed by atoms with Crippen LogP contribution < -0.4 is 0 Å². The topological polar surface area (TPSA) is 35.5 Å². The van der Waals surface area contributed by atoms with Gasteiger partial charge in [-0.05, 0) is 37.0 Å². The molecule has 1 aromatic carbocycles. The van der Waals surface area contributed by atoms with Crippen LogP contribution in [-0.4, -0.2) is 19.2 Å². The van der Waals surface area contributed by atoms with E-state index >= 15 is 0 Å². The van der Waals surface area contributed by atoms with Crippen molar-refractivity contribution >= 4 is 21.9 Å². The van der Waals surface area contributed by atoms with E-state index in [2.05, 4.69) is 15.9 Å². The van der Waals surface area contributed by atoms with Crippen molar-refractivity contribution in [3.8, 4) is 0 Å². The van der Waals surface area contributed by atoms with Gasteiger partial charge in [-0.25, -0.2) is 0 Å². The van der Waals surface area contributed by atoms with Crippen molar-refractivity contribution in [1.29, 1.82) is 0 Å². The molecular formula is C14H17BrO3. The smallest absolute Gasteiger partial charge is 0.309 e. The summed E-state index contributed by atoms with van der Waals surface area (Å²) in [4.78, 5) is 11.4. The first-order valence-corrected chi connectivity index (χ1v) is 6.99. The van der Waals surface area contributed by atoms with Crippen molar-refractivity contribution in [2.24, 2.45) is 11.8 Å². The Bertz CT molecular complexity index is 402. The summed E-state index contributed by atoms with van der Waals surface area (Å²) >= 11 is 3.39. The summed E-state index contributed by atoms with van der Waals surface area (Å²) in [6.07, 6.45) is 0.902. The van der Waals surface area contributed by atoms with E-state index < -0.39 is 0 Å². The summed E-state index contributed by atoms with van der Waals surface area (Å²) in [5.74, 6) is 0.337. The van der Waals surface area contributed by atoms with Gasteiger partial charge in [-0.15, -0.1) is 0 Å². The first-order valence-electron chi connectivity index (χ1n) is 6.19. The fraction of sp³-hybridized carbons (Fsp3) is 0.500. The van der Waals surface area contributed by atoms with Crippen LogP contribution in [0, 0.1) is 11.8 Å². The molecule has 4 heteroatoms. The van der Waals surface area contributed by atoms with Gasteiger partial charge in [-0.1, -0.05) is 28.1 Å². The first-order chi connectivity index (χ1) is 8.70. The minimum atomic E-state index is -0.0743. The van der Waals surface area contributed by atoms with E-state index in [0.29, 0.717) is 25.7 Å². The third kappa shape index (κ3) is 3.82. The molecule has 2 atom stereocenters. The number of halogens is 1. The Morgan fingerprint density at radius 3 is 2.78 bits per heavy atom. The average molecular weight is 313 g/mol. The standard InChI is InChI=1S/C14H17BrO3/c1-2-18-14(16)13-7-11(13)9-17-8-10-3-5-12(15)6-4-10/h3-6,11,13H,2,7-9H2,1H3. The maximum Gasteiger partial charge on any atom is 0.309 e. The summed E-state index contributed by atoms with van der Waals surface area (Å²) in [5, 5.41) is 0. The zero-order valence-electron chi connectivity index (χ0n) is 10.4. The third-order valence-electron chi connectivity index (χ3n) is 3.03. The fourth-order valence-corrected chi connectivity index (χ4v) is 2.14. The van der Waals surface area contributed by atoms with Gasteiger partial charge in [-0.3, -0.25) is 4.79 Å². The molecule has 1 aliphatic carbocycles. The van der Waals surface area contributed by atoms with Gasteiger partial charge in [0, 0.05) is 4.47 Å². The first kappa shape index (κ1) is 13.6. The number of hydrogen-bond donors (Lipinski definition) is 0. The molecule has 0 spiro atoms. The Balaban J connectivity index is 1.65. The largest absolute Gasteiger partial charge is 0.466 e. The zero-order chi connectivity index (χ0) is 13.0. The second-order valence-corrected chi connectivity index (χ2v) is 5.41. The van der Waals surface area contributed by atoms with Crippen molar-refractivity contribution in [2.75, 3.05) is 13.2 Å². The van der Waals surface area contributed by atoms with Crippen LogP contribution in [0.25, 0.3) is 0 Å². The molecule has 0 amide bonds. The van der Waals surface area contributed by atoms with E-state index in [1.54, 1.807) is 0 Å². The second-order valence-electron chi connectivity index (χ2n) is 4.50. The quantitative estimate of drug-likeness (QED) is 0.757. The molecule has 2 unspecified atom stereocenters. The normalized spacial score (nSPS) is 21.7. The van der Waals surface area contributed by atoms with Gasteiger partial charge in [0.15, 0.2) is 0 Å². The predicted molar refractivity (Wildman–Crippen MR) is 72.0 cm³/mol. The van der Waals surface area contributed by atoms with E-state index in [1.165, 1.54) is 0 Å². The van der Waals surface area contributed by atoms with Crippen LogP contribution >= 0.6 is 15.9 Å². The number of hydrogen-bond acceptors (Lipinski definition) is 3. The molecule has 1 aromatic rings. The highest BCUT2D eigenvalue weighted by atomic mass is 79.9. The average Bonchev–Trinajstić information content (AvgIpc) is 3.12. The molecule has 0 aliphatic heterocycles. The number of carbonyl (C=O) groups is 1. The maximum absolute atomic E-state index is 11.4. The van der Waals surface area contributed by atoms with E-state index in [1.807, 2.05) is 31.2 Å². The van der Waals surface area contributed by atoms with Crippen LogP contribution in [-0.2, 0) is 20.9 Å². The van der Waals surface area contributed by atoms with Gasteiger partial charge >= 0.3 is 5.97 Å². The van der Waals surface area contributed by atoms with E-state index in [-0.39, 0.29) is 11.9 Å². The molecule has 2 rings (SSSR count). The highest BCUT2D eigenvalue weighted by Crippen LogP contribution is 2.39. The molecule has 0 saturated heterocycles. The van der Waals surface area contributed by atoms with Gasteiger partial charge < -0.3 is 9.47 Å². The summed E-state index contributed by atoms with van der Waals surface area (Å²) in [7, 11) is 0. The van der Waals surface area contributed by atoms with Crippen molar-refractivity contribution in [1.82, 2.24) is 0 Å². The van der Waals surface area contributed by atoms with Crippen molar-refractivity contribution in [2.45, 2.75) is 20.0 Å². The zero-order valence-corrected chi connectivity index (χ0v) is 12.0. The molecule has 1 fully saturated rings. The SMILES string of the molecule is CCOC(=O)C1CC1COCc1ccc(Br)cc1. The van der Waals surface area contributed by atoms with Crippen molar-refractivity contribution in [3.05, 3.63) is 34.3 Å². The lowest BCUT2D eigenvalue weighted by Gasteiger charge is -2.04. The molecule has 3 nitrogen and oxygen atoms in total. The van der Waals surface area contributed by atoms with Crippen LogP contribution in [0.4, 0.5) is 0 Å². The molecule has 0 aromatic heterocycles. The highest BCUT2D eigenvalue weighted by Gasteiger charge is 2.44. The number of ether oxygens (including phenoxy) is 2. The molecular weight excluding hydrogens is 296 g/mol. The summed E-state index contributed by atoms with van der Waals surface area (Å²) in [6, 6.07) is 8.05. The summed E-state index contributed by atoms with van der Waals surface area (Å²) in [6.45, 7) is 3.53. The fourth-order valence-electron chi connectivity index (χ4n) is 1.88. The predicted octanol–water partition coefficient (Wildman–Crippen LogP) is 3.16.